The fraction of sp³-hybridized carbons (Fsp3) is 0.783. The van der Waals surface area contributed by atoms with E-state index in [9.17, 15) is 29.4 Å². The van der Waals surface area contributed by atoms with Crippen LogP contribution in [0.15, 0.2) is 29.7 Å². The van der Waals surface area contributed by atoms with Crippen LogP contribution in [0.1, 0.15) is 137 Å². The minimum absolute atomic E-state index is 0.0107. The highest BCUT2D eigenvalue weighted by Crippen LogP contribution is 2.77. The van der Waals surface area contributed by atoms with Gasteiger partial charge in [-0.3, -0.25) is 19.2 Å². The zero-order chi connectivity index (χ0) is 42.1. The molecule has 9 atom stereocenters. The summed E-state index contributed by atoms with van der Waals surface area (Å²) in [5.41, 5.74) is 0.0562. The van der Waals surface area contributed by atoms with Gasteiger partial charge in [-0.1, -0.05) is 54.0 Å². The van der Waals surface area contributed by atoms with Crippen molar-refractivity contribution in [3.63, 3.8) is 0 Å². The molecule has 1 aromatic heterocycles. The van der Waals surface area contributed by atoms with E-state index < -0.39 is 28.9 Å². The summed E-state index contributed by atoms with van der Waals surface area (Å²) in [6.45, 7) is 20.5. The molecular formula is C46H70N4O7. The van der Waals surface area contributed by atoms with Gasteiger partial charge < -0.3 is 24.7 Å². The molecule has 0 spiro atoms. The van der Waals surface area contributed by atoms with Gasteiger partial charge in [-0.05, 0) is 131 Å². The highest BCUT2D eigenvalue weighted by atomic mass is 16.5. The van der Waals surface area contributed by atoms with Crippen molar-refractivity contribution in [2.45, 2.75) is 139 Å². The predicted octanol–water partition coefficient (Wildman–Crippen LogP) is 7.23. The van der Waals surface area contributed by atoms with Gasteiger partial charge in [0.2, 0.25) is 0 Å². The molecule has 4 fully saturated rings. The molecule has 1 amide bonds. The topological polar surface area (TPSA) is 150 Å². The number of Topliss-reactive ketones (excluding diaryl/α,β-unsaturated/α-hetero) is 1. The highest BCUT2D eigenvalue weighted by molar-refractivity contribution is 6.01. The van der Waals surface area contributed by atoms with Gasteiger partial charge >= 0.3 is 11.9 Å². The van der Waals surface area contributed by atoms with Crippen molar-refractivity contribution in [1.29, 1.82) is 0 Å². The molecule has 11 nitrogen and oxygen atoms in total. The number of rotatable bonds is 12. The highest BCUT2D eigenvalue weighted by Gasteiger charge is 2.71. The van der Waals surface area contributed by atoms with E-state index in [1.54, 1.807) is 31.0 Å². The van der Waals surface area contributed by atoms with Crippen LogP contribution in [0.3, 0.4) is 0 Å². The van der Waals surface area contributed by atoms with Crippen LogP contribution in [0.2, 0.25) is 0 Å². The fourth-order valence-corrected chi connectivity index (χ4v) is 13.5. The lowest BCUT2D eigenvalue weighted by atomic mass is 9.33. The number of aliphatic carboxylic acids is 1. The van der Waals surface area contributed by atoms with Crippen LogP contribution in [0, 0.1) is 56.2 Å². The van der Waals surface area contributed by atoms with Gasteiger partial charge in [0.05, 0.1) is 17.9 Å². The summed E-state index contributed by atoms with van der Waals surface area (Å²) in [5, 5.41) is 22.2. The number of hydrogen-bond acceptors (Lipinski definition) is 9. The number of aromatic nitrogens is 2. The van der Waals surface area contributed by atoms with Gasteiger partial charge in [0, 0.05) is 43.1 Å². The average molecular weight is 791 g/mol. The van der Waals surface area contributed by atoms with Crippen LogP contribution in [0.5, 0.6) is 0 Å². The summed E-state index contributed by atoms with van der Waals surface area (Å²) in [4.78, 5) is 65.1. The standard InChI is InChI=1S/C46H70N4O7/c1-28(2)37-31(51)24-46(34(52)26-50(23-22-49(10)11)39(54)30-16-21-47-27-48-30)20-19-44(8)29(38(37)46)12-13-33-43(7)17-15-35(57-36(53)25-41(3,4)40(55)56)42(5,6)32(43)14-18-45(33,44)9/h16,21,27-29,32-35,52H,12-15,17-20,22-26H2,1-11H3,(H,55,56)/t29-,32+,33-,34+,35+,43+,44-,45-,46+/m1/s1. The number of ketones is 1. The molecule has 4 saturated carbocycles. The first-order valence-electron chi connectivity index (χ1n) is 21.5. The molecule has 5 aliphatic carbocycles. The second kappa shape index (κ2) is 15.1. The molecule has 1 aromatic rings. The maximum atomic E-state index is 14.3. The zero-order valence-electron chi connectivity index (χ0n) is 36.6. The monoisotopic (exact) mass is 791 g/mol. The first kappa shape index (κ1) is 43.4. The molecule has 0 aliphatic heterocycles. The third-order valence-corrected chi connectivity index (χ3v) is 16.8. The van der Waals surface area contributed by atoms with Crippen molar-refractivity contribution in [2.24, 2.45) is 56.2 Å². The molecule has 2 N–H and O–H groups in total. The molecule has 6 rings (SSSR count). The van der Waals surface area contributed by atoms with Gasteiger partial charge in [0.1, 0.15) is 18.1 Å². The number of fused-ring (bicyclic) bond motifs is 7. The average Bonchev–Trinajstić information content (AvgIpc) is 3.44. The van der Waals surface area contributed by atoms with Crippen molar-refractivity contribution in [3.8, 4) is 0 Å². The number of carbonyl (C=O) groups excluding carboxylic acids is 3. The molecule has 316 valence electrons. The summed E-state index contributed by atoms with van der Waals surface area (Å²) < 4.78 is 6.18. The van der Waals surface area contributed by atoms with E-state index >= 15 is 0 Å². The molecule has 0 saturated heterocycles. The van der Waals surface area contributed by atoms with Crippen molar-refractivity contribution in [1.82, 2.24) is 19.8 Å². The molecule has 57 heavy (non-hydrogen) atoms. The summed E-state index contributed by atoms with van der Waals surface area (Å²) in [5.74, 6) is -0.628. The van der Waals surface area contributed by atoms with Gasteiger partial charge in [-0.25, -0.2) is 9.97 Å². The number of aliphatic hydroxyl groups is 1. The lowest BCUT2D eigenvalue weighted by Gasteiger charge is -2.72. The summed E-state index contributed by atoms with van der Waals surface area (Å²) in [7, 11) is 3.93. The minimum atomic E-state index is -1.19. The van der Waals surface area contributed by atoms with E-state index in [0.717, 1.165) is 50.5 Å². The number of carboxylic acid groups (broad SMARTS) is 1. The fourth-order valence-electron chi connectivity index (χ4n) is 13.5. The van der Waals surface area contributed by atoms with Crippen LogP contribution in [-0.4, -0.2) is 99.5 Å². The number of allylic oxidation sites excluding steroid dienone is 1. The Morgan fingerprint density at radius 3 is 2.26 bits per heavy atom. The van der Waals surface area contributed by atoms with Crippen LogP contribution in [0.25, 0.3) is 0 Å². The SMILES string of the molecule is CC(C)C1=C2[C@H]3CC[C@@H]4[C@@]5(C)CC[C@H](OC(=O)CC(C)(C)C(=O)O)C(C)(C)[C@@H]5CC[C@@]4(C)[C@]3(C)CC[C@@]2([C@@H](O)CN(CCN(C)C)C(=O)c2ccncn2)CC1=O. The van der Waals surface area contributed by atoms with E-state index in [-0.39, 0.29) is 70.7 Å². The number of ether oxygens (including phenoxy) is 1. The Hall–Kier alpha value is -3.18. The van der Waals surface area contributed by atoms with Crippen molar-refractivity contribution >= 4 is 23.6 Å². The van der Waals surface area contributed by atoms with E-state index in [0.29, 0.717) is 37.0 Å². The molecule has 0 unspecified atom stereocenters. The molecule has 11 heteroatoms. The van der Waals surface area contributed by atoms with Crippen molar-refractivity contribution in [3.05, 3.63) is 35.4 Å². The lowest BCUT2D eigenvalue weighted by Crippen LogP contribution is -2.66. The first-order valence-corrected chi connectivity index (χ1v) is 21.5. The smallest absolute Gasteiger partial charge is 0.309 e. The number of likely N-dealkylation sites (N-methyl/N-ethyl adjacent to an activating group) is 1. The second-order valence-corrected chi connectivity index (χ2v) is 21.2. The van der Waals surface area contributed by atoms with Gasteiger partial charge in [0.15, 0.2) is 5.78 Å². The van der Waals surface area contributed by atoms with Crippen LogP contribution >= 0.6 is 0 Å². The Morgan fingerprint density at radius 2 is 1.65 bits per heavy atom. The number of carboxylic acids is 1. The third-order valence-electron chi connectivity index (χ3n) is 16.8. The normalized spacial score (nSPS) is 35.2. The van der Waals surface area contributed by atoms with E-state index in [1.165, 1.54) is 11.9 Å². The van der Waals surface area contributed by atoms with Crippen molar-refractivity contribution in [2.75, 3.05) is 33.7 Å². The predicted molar refractivity (Wildman–Crippen MR) is 218 cm³/mol. The van der Waals surface area contributed by atoms with Gasteiger partial charge in [0.25, 0.3) is 5.91 Å². The zero-order valence-corrected chi connectivity index (χ0v) is 36.6. The number of hydrogen-bond donors (Lipinski definition) is 2. The van der Waals surface area contributed by atoms with E-state index in [2.05, 4.69) is 58.4 Å². The molecule has 0 aromatic carbocycles. The number of esters is 1. The Bertz CT molecular complexity index is 1770. The molecular weight excluding hydrogens is 721 g/mol. The number of nitrogens with zero attached hydrogens (tertiary/aromatic N) is 4. The molecule has 1 heterocycles. The van der Waals surface area contributed by atoms with Crippen LogP contribution < -0.4 is 0 Å². The number of aliphatic hydroxyl groups excluding tert-OH is 1. The van der Waals surface area contributed by atoms with Gasteiger partial charge in [-0.2, -0.15) is 0 Å². The van der Waals surface area contributed by atoms with Crippen molar-refractivity contribution < 1.29 is 34.1 Å². The molecule has 0 bridgehead atoms. The van der Waals surface area contributed by atoms with Crippen LogP contribution in [0.4, 0.5) is 0 Å². The number of carbonyl (C=O) groups is 4. The third kappa shape index (κ3) is 7.08. The first-order chi connectivity index (χ1) is 26.5. The Kier molecular flexibility index (Phi) is 11.5. The molecule has 0 radical (unpaired) electrons. The summed E-state index contributed by atoms with van der Waals surface area (Å²) in [6.07, 6.45) is 9.14. The lowest BCUT2D eigenvalue weighted by molar-refractivity contribution is -0.235. The quantitative estimate of drug-likeness (QED) is 0.208. The Balaban J connectivity index is 1.30. The summed E-state index contributed by atoms with van der Waals surface area (Å²) >= 11 is 0. The maximum Gasteiger partial charge on any atom is 0.309 e. The van der Waals surface area contributed by atoms with E-state index in [1.807, 2.05) is 19.0 Å². The Morgan fingerprint density at radius 1 is 0.947 bits per heavy atom. The summed E-state index contributed by atoms with van der Waals surface area (Å²) in [6, 6.07) is 1.61. The number of amides is 1. The van der Waals surface area contributed by atoms with Crippen LogP contribution in [-0.2, 0) is 19.1 Å². The second-order valence-electron chi connectivity index (χ2n) is 21.2. The van der Waals surface area contributed by atoms with Gasteiger partial charge in [-0.15, -0.1) is 0 Å². The molecule has 5 aliphatic rings. The largest absolute Gasteiger partial charge is 0.481 e. The van der Waals surface area contributed by atoms with E-state index in [4.69, 9.17) is 4.74 Å². The maximum absolute atomic E-state index is 14.3. The Labute approximate surface area is 340 Å². The minimum Gasteiger partial charge on any atom is -0.481 e.